The third kappa shape index (κ3) is 3.95. The molecule has 0 bridgehead atoms. The summed E-state index contributed by atoms with van der Waals surface area (Å²) < 4.78 is 4.56. The van der Waals surface area contributed by atoms with Crippen LogP contribution in [0.25, 0.3) is 0 Å². The maximum absolute atomic E-state index is 12.4. The molecule has 0 saturated heterocycles. The molecule has 2 aromatic carbocycles. The molecule has 1 N–H and O–H groups in total. The molecule has 0 saturated carbocycles. The van der Waals surface area contributed by atoms with Gasteiger partial charge in [-0.3, -0.25) is 14.9 Å². The molecule has 124 valence electrons. The first-order chi connectivity index (χ1) is 11.4. The highest BCUT2D eigenvalue weighted by atomic mass is 16.6. The topological polar surface area (TPSA) is 98.5 Å². The Labute approximate surface area is 138 Å². The molecule has 0 aliphatic carbocycles. The normalized spacial score (nSPS) is 11.4. The lowest BCUT2D eigenvalue weighted by Gasteiger charge is -2.14. The smallest absolute Gasteiger partial charge is 0.338 e. The van der Waals surface area contributed by atoms with Crippen LogP contribution in [0.5, 0.6) is 0 Å². The Bertz CT molecular complexity index is 774. The van der Waals surface area contributed by atoms with Crippen molar-refractivity contribution in [2.75, 3.05) is 7.11 Å². The Morgan fingerprint density at radius 3 is 2.33 bits per heavy atom. The standard InChI is InChI=1S/C17H16N2O5/c1-11(12-6-4-3-5-7-12)18-16(20)13-8-14(17(21)24-2)10-15(9-13)19(22)23/h3-11H,1-2H3,(H,18,20)/t11-/m1/s1. The van der Waals surface area contributed by atoms with Crippen LogP contribution in [0.4, 0.5) is 5.69 Å². The summed E-state index contributed by atoms with van der Waals surface area (Å²) >= 11 is 0. The van der Waals surface area contributed by atoms with E-state index in [0.29, 0.717) is 0 Å². The number of methoxy groups -OCH3 is 1. The third-order valence-electron chi connectivity index (χ3n) is 3.46. The van der Waals surface area contributed by atoms with Crippen LogP contribution >= 0.6 is 0 Å². The lowest BCUT2D eigenvalue weighted by molar-refractivity contribution is -0.384. The number of ether oxygens (including phenoxy) is 1. The zero-order valence-electron chi connectivity index (χ0n) is 13.2. The van der Waals surface area contributed by atoms with Gasteiger partial charge in [-0.15, -0.1) is 0 Å². The molecule has 2 aromatic rings. The number of non-ortho nitro benzene ring substituents is 1. The minimum atomic E-state index is -0.746. The van der Waals surface area contributed by atoms with E-state index in [1.54, 1.807) is 6.92 Å². The first kappa shape index (κ1) is 17.1. The van der Waals surface area contributed by atoms with Gasteiger partial charge in [0.25, 0.3) is 11.6 Å². The van der Waals surface area contributed by atoms with Crippen molar-refractivity contribution < 1.29 is 19.2 Å². The Morgan fingerprint density at radius 1 is 1.12 bits per heavy atom. The number of nitrogens with zero attached hydrogens (tertiary/aromatic N) is 1. The van der Waals surface area contributed by atoms with Crippen LogP contribution < -0.4 is 5.32 Å². The molecule has 7 heteroatoms. The van der Waals surface area contributed by atoms with Gasteiger partial charge < -0.3 is 10.1 Å². The van der Waals surface area contributed by atoms with Crippen molar-refractivity contribution >= 4 is 17.6 Å². The van der Waals surface area contributed by atoms with Crippen LogP contribution in [0, 0.1) is 10.1 Å². The van der Waals surface area contributed by atoms with Gasteiger partial charge in [-0.2, -0.15) is 0 Å². The number of carbonyl (C=O) groups excluding carboxylic acids is 2. The summed E-state index contributed by atoms with van der Waals surface area (Å²) in [6.07, 6.45) is 0. The maximum Gasteiger partial charge on any atom is 0.338 e. The lowest BCUT2D eigenvalue weighted by atomic mass is 10.1. The van der Waals surface area contributed by atoms with Crippen molar-refractivity contribution in [1.82, 2.24) is 5.32 Å². The van der Waals surface area contributed by atoms with Crippen LogP contribution in [0.15, 0.2) is 48.5 Å². The number of hydrogen-bond donors (Lipinski definition) is 1. The van der Waals surface area contributed by atoms with E-state index in [9.17, 15) is 19.7 Å². The highest BCUT2D eigenvalue weighted by molar-refractivity contribution is 5.99. The number of benzene rings is 2. The largest absolute Gasteiger partial charge is 0.465 e. The number of rotatable bonds is 5. The van der Waals surface area contributed by atoms with Gasteiger partial charge in [-0.05, 0) is 18.6 Å². The second kappa shape index (κ2) is 7.36. The maximum atomic E-state index is 12.4. The van der Waals surface area contributed by atoms with Crippen molar-refractivity contribution in [3.8, 4) is 0 Å². The Kier molecular flexibility index (Phi) is 5.26. The van der Waals surface area contributed by atoms with Gasteiger partial charge in [0.05, 0.1) is 23.6 Å². The fourth-order valence-corrected chi connectivity index (χ4v) is 2.19. The summed E-state index contributed by atoms with van der Waals surface area (Å²) in [5.41, 5.74) is 0.511. The van der Waals surface area contributed by atoms with Gasteiger partial charge in [0.1, 0.15) is 0 Å². The van der Waals surface area contributed by atoms with Gasteiger partial charge in [-0.1, -0.05) is 30.3 Å². The zero-order valence-corrected chi connectivity index (χ0v) is 13.2. The van der Waals surface area contributed by atoms with Crippen LogP contribution in [0.3, 0.4) is 0 Å². The molecule has 0 aliphatic heterocycles. The van der Waals surface area contributed by atoms with Crippen molar-refractivity contribution in [2.24, 2.45) is 0 Å². The average Bonchev–Trinajstić information content (AvgIpc) is 2.61. The molecule has 0 spiro atoms. The van der Waals surface area contributed by atoms with Crippen LogP contribution in [-0.2, 0) is 4.74 Å². The van der Waals surface area contributed by atoms with Crippen LogP contribution in [0.2, 0.25) is 0 Å². The molecule has 0 heterocycles. The van der Waals surface area contributed by atoms with E-state index >= 15 is 0 Å². The van der Waals surface area contributed by atoms with E-state index in [4.69, 9.17) is 0 Å². The minimum absolute atomic E-state index is 0.0207. The molecule has 0 aromatic heterocycles. The molecule has 1 atom stereocenters. The van der Waals surface area contributed by atoms with Gasteiger partial charge in [-0.25, -0.2) is 4.79 Å². The Balaban J connectivity index is 2.29. The molecular weight excluding hydrogens is 312 g/mol. The third-order valence-corrected chi connectivity index (χ3v) is 3.46. The highest BCUT2D eigenvalue weighted by Gasteiger charge is 2.19. The predicted octanol–water partition coefficient (Wildman–Crippen LogP) is 2.87. The predicted molar refractivity (Wildman–Crippen MR) is 86.8 cm³/mol. The number of nitrogens with one attached hydrogen (secondary N) is 1. The number of nitro benzene ring substituents is 1. The first-order valence-electron chi connectivity index (χ1n) is 7.16. The molecule has 2 rings (SSSR count). The number of hydrogen-bond acceptors (Lipinski definition) is 5. The average molecular weight is 328 g/mol. The summed E-state index contributed by atoms with van der Waals surface area (Å²) in [6.45, 7) is 1.80. The van der Waals surface area contributed by atoms with Gasteiger partial charge >= 0.3 is 5.97 Å². The van der Waals surface area contributed by atoms with E-state index in [0.717, 1.165) is 17.7 Å². The van der Waals surface area contributed by atoms with Crippen molar-refractivity contribution in [3.63, 3.8) is 0 Å². The number of esters is 1. The summed E-state index contributed by atoms with van der Waals surface area (Å²) in [5, 5.41) is 13.8. The SMILES string of the molecule is COC(=O)c1cc(C(=O)N[C@H](C)c2ccccc2)cc([N+](=O)[O-])c1. The molecule has 7 nitrogen and oxygen atoms in total. The Hall–Kier alpha value is -3.22. The molecular formula is C17H16N2O5. The van der Waals surface area contributed by atoms with Crippen molar-refractivity contribution in [3.05, 3.63) is 75.3 Å². The summed E-state index contributed by atoms with van der Waals surface area (Å²) in [4.78, 5) is 34.4. The fourth-order valence-electron chi connectivity index (χ4n) is 2.19. The highest BCUT2D eigenvalue weighted by Crippen LogP contribution is 2.19. The van der Waals surface area contributed by atoms with Gasteiger partial charge in [0.15, 0.2) is 0 Å². The monoisotopic (exact) mass is 328 g/mol. The summed E-state index contributed by atoms with van der Waals surface area (Å²) in [6, 6.07) is 12.5. The molecule has 1 amide bonds. The minimum Gasteiger partial charge on any atom is -0.465 e. The zero-order chi connectivity index (χ0) is 17.7. The van der Waals surface area contributed by atoms with E-state index in [2.05, 4.69) is 10.1 Å². The van der Waals surface area contributed by atoms with E-state index in [-0.39, 0.29) is 22.9 Å². The molecule has 0 aliphatic rings. The second-order valence-corrected chi connectivity index (χ2v) is 5.12. The molecule has 24 heavy (non-hydrogen) atoms. The Morgan fingerprint density at radius 2 is 1.75 bits per heavy atom. The van der Waals surface area contributed by atoms with Crippen molar-refractivity contribution in [2.45, 2.75) is 13.0 Å². The molecule has 0 fully saturated rings. The van der Waals surface area contributed by atoms with Crippen LogP contribution in [-0.4, -0.2) is 23.9 Å². The summed E-state index contributed by atoms with van der Waals surface area (Å²) in [7, 11) is 1.17. The first-order valence-corrected chi connectivity index (χ1v) is 7.16. The van der Waals surface area contributed by atoms with Gasteiger partial charge in [0.2, 0.25) is 0 Å². The van der Waals surface area contributed by atoms with Crippen LogP contribution in [0.1, 0.15) is 39.2 Å². The number of carbonyl (C=O) groups is 2. The molecule has 0 unspecified atom stereocenters. The number of nitro groups is 1. The fraction of sp³-hybridized carbons (Fsp3) is 0.176. The number of amides is 1. The second-order valence-electron chi connectivity index (χ2n) is 5.12. The summed E-state index contributed by atoms with van der Waals surface area (Å²) in [5.74, 6) is -1.26. The lowest BCUT2D eigenvalue weighted by Crippen LogP contribution is -2.27. The van der Waals surface area contributed by atoms with Gasteiger partial charge in [0, 0.05) is 17.7 Å². The van der Waals surface area contributed by atoms with Crippen molar-refractivity contribution in [1.29, 1.82) is 0 Å². The quantitative estimate of drug-likeness (QED) is 0.517. The molecule has 0 radical (unpaired) electrons. The van der Waals surface area contributed by atoms with E-state index < -0.39 is 16.8 Å². The van der Waals surface area contributed by atoms with E-state index in [1.807, 2.05) is 30.3 Å². The van der Waals surface area contributed by atoms with E-state index in [1.165, 1.54) is 13.2 Å².